The molecule has 0 bridgehead atoms. The number of aromatic nitrogens is 1. The van der Waals surface area contributed by atoms with Gasteiger partial charge in [-0.1, -0.05) is 12.8 Å². The van der Waals surface area contributed by atoms with Crippen LogP contribution in [0.25, 0.3) is 0 Å². The van der Waals surface area contributed by atoms with Crippen LogP contribution in [0.15, 0.2) is 36.7 Å². The molecule has 2 aliphatic rings. The Labute approximate surface area is 148 Å². The molecular formula is C19H19F4N3. The highest BCUT2D eigenvalue weighted by Crippen LogP contribution is 2.53. The maximum absolute atomic E-state index is 14.5. The van der Waals surface area contributed by atoms with Crippen molar-refractivity contribution in [1.82, 2.24) is 10.3 Å². The Morgan fingerprint density at radius 3 is 2.62 bits per heavy atom. The van der Waals surface area contributed by atoms with Crippen molar-refractivity contribution in [3.05, 3.63) is 53.6 Å². The maximum Gasteiger partial charge on any atom is 0.403 e. The van der Waals surface area contributed by atoms with Gasteiger partial charge in [0, 0.05) is 24.5 Å². The Balaban J connectivity index is 1.89. The van der Waals surface area contributed by atoms with E-state index in [-0.39, 0.29) is 29.4 Å². The smallest absolute Gasteiger partial charge is 0.354 e. The summed E-state index contributed by atoms with van der Waals surface area (Å²) in [6.07, 6.45) is 1.91. The van der Waals surface area contributed by atoms with Gasteiger partial charge in [0.05, 0.1) is 11.9 Å². The molecule has 1 aromatic carbocycles. The first-order valence-corrected chi connectivity index (χ1v) is 8.73. The van der Waals surface area contributed by atoms with Crippen LogP contribution in [-0.4, -0.2) is 23.7 Å². The van der Waals surface area contributed by atoms with Crippen LogP contribution in [0.4, 0.5) is 28.9 Å². The van der Waals surface area contributed by atoms with Crippen molar-refractivity contribution in [2.24, 2.45) is 0 Å². The van der Waals surface area contributed by atoms with E-state index < -0.39 is 17.4 Å². The third kappa shape index (κ3) is 2.65. The van der Waals surface area contributed by atoms with Crippen LogP contribution < -0.4 is 10.6 Å². The van der Waals surface area contributed by atoms with Gasteiger partial charge in [-0.2, -0.15) is 13.2 Å². The van der Waals surface area contributed by atoms with E-state index >= 15 is 0 Å². The number of nitrogens with one attached hydrogen (secondary N) is 2. The molecule has 0 radical (unpaired) electrons. The summed E-state index contributed by atoms with van der Waals surface area (Å²) in [5.74, 6) is -0.683. The molecule has 2 N–H and O–H groups in total. The first-order chi connectivity index (χ1) is 12.4. The van der Waals surface area contributed by atoms with Crippen LogP contribution in [0, 0.1) is 5.82 Å². The van der Waals surface area contributed by atoms with E-state index in [4.69, 9.17) is 0 Å². The van der Waals surface area contributed by atoms with Crippen molar-refractivity contribution in [2.75, 3.05) is 11.9 Å². The van der Waals surface area contributed by atoms with E-state index in [1.807, 2.05) is 0 Å². The molecule has 1 atom stereocenters. The largest absolute Gasteiger partial charge is 0.403 e. The minimum Gasteiger partial charge on any atom is -0.354 e. The van der Waals surface area contributed by atoms with Crippen LogP contribution in [0.1, 0.15) is 36.8 Å². The summed E-state index contributed by atoms with van der Waals surface area (Å²) in [5.41, 5.74) is -1.77. The summed E-state index contributed by atoms with van der Waals surface area (Å²) in [6, 6.07) is 4.96. The topological polar surface area (TPSA) is 37.0 Å². The SMILES string of the molecule is Fc1ccc2c(c1)C(CNC1CCCC1)(C(F)(F)F)c1ccncc1N2. The molecule has 0 spiro atoms. The van der Waals surface area contributed by atoms with Gasteiger partial charge in [0.2, 0.25) is 0 Å². The molecule has 1 aromatic heterocycles. The number of nitrogens with zero attached hydrogens (tertiary/aromatic N) is 1. The Bertz CT molecular complexity index is 815. The van der Waals surface area contributed by atoms with E-state index in [1.165, 1.54) is 30.6 Å². The fourth-order valence-corrected chi connectivity index (χ4v) is 4.16. The van der Waals surface area contributed by atoms with Gasteiger partial charge in [-0.25, -0.2) is 4.39 Å². The number of rotatable bonds is 3. The summed E-state index contributed by atoms with van der Waals surface area (Å²) in [5, 5.41) is 6.07. The average molecular weight is 365 g/mol. The lowest BCUT2D eigenvalue weighted by molar-refractivity contribution is -0.177. The molecule has 2 heterocycles. The molecule has 1 unspecified atom stereocenters. The van der Waals surface area contributed by atoms with Crippen LogP contribution in [-0.2, 0) is 5.41 Å². The Hall–Kier alpha value is -2.15. The Morgan fingerprint density at radius 1 is 1.12 bits per heavy atom. The number of hydrogen-bond acceptors (Lipinski definition) is 3. The molecular weight excluding hydrogens is 346 g/mol. The molecule has 7 heteroatoms. The molecule has 4 rings (SSSR count). The number of hydrogen-bond donors (Lipinski definition) is 2. The number of alkyl halides is 3. The summed E-state index contributed by atoms with van der Waals surface area (Å²) < 4.78 is 57.6. The van der Waals surface area contributed by atoms with Crippen molar-refractivity contribution in [3.63, 3.8) is 0 Å². The molecule has 1 aliphatic carbocycles. The first-order valence-electron chi connectivity index (χ1n) is 8.73. The van der Waals surface area contributed by atoms with Crippen LogP contribution in [0.5, 0.6) is 0 Å². The number of fused-ring (bicyclic) bond motifs is 2. The Kier molecular flexibility index (Phi) is 4.14. The maximum atomic E-state index is 14.5. The van der Waals surface area contributed by atoms with Gasteiger partial charge in [-0.05, 0) is 48.2 Å². The van der Waals surface area contributed by atoms with Gasteiger partial charge in [0.15, 0.2) is 0 Å². The van der Waals surface area contributed by atoms with E-state index in [0.717, 1.165) is 31.7 Å². The van der Waals surface area contributed by atoms with Crippen LogP contribution >= 0.6 is 0 Å². The summed E-state index contributed by atoms with van der Waals surface area (Å²) in [4.78, 5) is 3.95. The second kappa shape index (κ2) is 6.23. The zero-order valence-corrected chi connectivity index (χ0v) is 14.0. The Morgan fingerprint density at radius 2 is 1.88 bits per heavy atom. The van der Waals surface area contributed by atoms with Gasteiger partial charge in [0.25, 0.3) is 0 Å². The van der Waals surface area contributed by atoms with Gasteiger partial charge in [-0.3, -0.25) is 4.98 Å². The lowest BCUT2D eigenvalue weighted by Crippen LogP contribution is -2.54. The first kappa shape index (κ1) is 17.3. The lowest BCUT2D eigenvalue weighted by atomic mass is 9.70. The van der Waals surface area contributed by atoms with E-state index in [9.17, 15) is 17.6 Å². The number of pyridine rings is 1. The van der Waals surface area contributed by atoms with Gasteiger partial charge < -0.3 is 10.6 Å². The predicted octanol–water partition coefficient (Wildman–Crippen LogP) is 4.66. The van der Waals surface area contributed by atoms with Crippen molar-refractivity contribution < 1.29 is 17.6 Å². The average Bonchev–Trinajstić information content (AvgIpc) is 3.11. The fraction of sp³-hybridized carbons (Fsp3) is 0.421. The molecule has 1 aliphatic heterocycles. The second-order valence-corrected chi connectivity index (χ2v) is 7.00. The standard InChI is InChI=1S/C19H19F4N3/c20-12-5-6-16-15(9-12)18(19(21,22)23,11-25-13-3-1-2-4-13)14-7-8-24-10-17(14)26-16/h5-10,13,25-26H,1-4,11H2. The van der Waals surface area contributed by atoms with Gasteiger partial charge >= 0.3 is 6.18 Å². The summed E-state index contributed by atoms with van der Waals surface area (Å²) >= 11 is 0. The fourth-order valence-electron chi connectivity index (χ4n) is 4.16. The number of benzene rings is 1. The van der Waals surface area contributed by atoms with Crippen LogP contribution in [0.3, 0.4) is 0 Å². The molecule has 0 amide bonds. The van der Waals surface area contributed by atoms with Crippen molar-refractivity contribution in [3.8, 4) is 0 Å². The molecule has 0 saturated heterocycles. The molecule has 26 heavy (non-hydrogen) atoms. The minimum atomic E-state index is -4.60. The number of anilines is 2. The molecule has 2 aromatic rings. The summed E-state index contributed by atoms with van der Waals surface area (Å²) in [6.45, 7) is -0.323. The van der Waals surface area contributed by atoms with Crippen molar-refractivity contribution in [2.45, 2.75) is 43.3 Å². The lowest BCUT2D eigenvalue weighted by Gasteiger charge is -2.42. The molecule has 3 nitrogen and oxygen atoms in total. The highest BCUT2D eigenvalue weighted by Gasteiger charge is 2.60. The third-order valence-electron chi connectivity index (χ3n) is 5.49. The molecule has 1 saturated carbocycles. The second-order valence-electron chi connectivity index (χ2n) is 7.00. The van der Waals surface area contributed by atoms with Gasteiger partial charge in [-0.15, -0.1) is 0 Å². The predicted molar refractivity (Wildman–Crippen MR) is 91.0 cm³/mol. The molecule has 1 fully saturated rings. The minimum absolute atomic E-state index is 0.0615. The quantitative estimate of drug-likeness (QED) is 0.777. The number of halogens is 4. The van der Waals surface area contributed by atoms with E-state index in [2.05, 4.69) is 15.6 Å². The van der Waals surface area contributed by atoms with Crippen molar-refractivity contribution in [1.29, 1.82) is 0 Å². The van der Waals surface area contributed by atoms with Crippen molar-refractivity contribution >= 4 is 11.4 Å². The molecule has 138 valence electrons. The zero-order chi connectivity index (χ0) is 18.4. The zero-order valence-electron chi connectivity index (χ0n) is 14.0. The highest BCUT2D eigenvalue weighted by atomic mass is 19.4. The summed E-state index contributed by atoms with van der Waals surface area (Å²) in [7, 11) is 0. The highest BCUT2D eigenvalue weighted by molar-refractivity contribution is 5.76. The van der Waals surface area contributed by atoms with Crippen LogP contribution in [0.2, 0.25) is 0 Å². The van der Waals surface area contributed by atoms with E-state index in [0.29, 0.717) is 5.69 Å². The third-order valence-corrected chi connectivity index (χ3v) is 5.49. The normalized spacial score (nSPS) is 22.6. The monoisotopic (exact) mass is 365 g/mol. The van der Waals surface area contributed by atoms with Gasteiger partial charge in [0.1, 0.15) is 11.2 Å². The van der Waals surface area contributed by atoms with E-state index in [1.54, 1.807) is 0 Å².